The molecule has 1 aliphatic heterocycles. The molecule has 0 saturated carbocycles. The third-order valence-corrected chi connectivity index (χ3v) is 5.39. The summed E-state index contributed by atoms with van der Waals surface area (Å²) in [5, 5.41) is 11.0. The van der Waals surface area contributed by atoms with E-state index in [9.17, 15) is 14.3 Å². The summed E-state index contributed by atoms with van der Waals surface area (Å²) in [6.45, 7) is 0. The average Bonchev–Trinajstić information content (AvgIpc) is 3.20. The van der Waals surface area contributed by atoms with Crippen LogP contribution in [-0.4, -0.2) is 20.9 Å². The Hall–Kier alpha value is -4.30. The molecule has 0 fully saturated rings. The molecule has 0 radical (unpaired) electrons. The second-order valence-electron chi connectivity index (χ2n) is 7.26. The van der Waals surface area contributed by atoms with Crippen LogP contribution in [0.5, 0.6) is 17.4 Å². The minimum Gasteiger partial charge on any atom is -0.494 e. The first-order valence-electron chi connectivity index (χ1n) is 9.97. The first-order valence-corrected chi connectivity index (χ1v) is 10.4. The fourth-order valence-corrected chi connectivity index (χ4v) is 3.82. The number of para-hydroxylation sites is 1. The Morgan fingerprint density at radius 3 is 2.52 bits per heavy atom. The highest BCUT2D eigenvalue weighted by Gasteiger charge is 2.17. The second-order valence-corrected chi connectivity index (χ2v) is 7.65. The molecule has 1 aliphatic rings. The van der Waals surface area contributed by atoms with Crippen molar-refractivity contribution in [2.75, 3.05) is 0 Å². The van der Waals surface area contributed by atoms with Gasteiger partial charge in [-0.05, 0) is 66.8 Å². The van der Waals surface area contributed by atoms with Gasteiger partial charge in [0.25, 0.3) is 5.56 Å². The van der Waals surface area contributed by atoms with Crippen molar-refractivity contribution in [3.63, 3.8) is 0 Å². The Kier molecular flexibility index (Phi) is 5.20. The molecule has 0 unspecified atom stereocenters. The molecule has 1 aromatic heterocycles. The number of aromatic nitrogens is 2. The first kappa shape index (κ1) is 20.6. The maximum atomic E-state index is 13.5. The summed E-state index contributed by atoms with van der Waals surface area (Å²) >= 11 is 5.29. The van der Waals surface area contributed by atoms with Gasteiger partial charge >= 0.3 is 0 Å². The number of benzene rings is 3. The van der Waals surface area contributed by atoms with Gasteiger partial charge in [0.1, 0.15) is 22.9 Å². The molecule has 33 heavy (non-hydrogen) atoms. The number of ether oxygens (including phenoxy) is 1. The van der Waals surface area contributed by atoms with Crippen molar-refractivity contribution in [2.45, 2.75) is 0 Å². The summed E-state index contributed by atoms with van der Waals surface area (Å²) in [4.78, 5) is 19.4. The number of fused-ring (bicyclic) bond motifs is 1. The van der Waals surface area contributed by atoms with Crippen molar-refractivity contribution in [3.05, 3.63) is 105 Å². The van der Waals surface area contributed by atoms with Crippen molar-refractivity contribution in [1.82, 2.24) is 9.55 Å². The van der Waals surface area contributed by atoms with Crippen molar-refractivity contribution in [3.8, 4) is 23.1 Å². The first-order chi connectivity index (χ1) is 16.0. The van der Waals surface area contributed by atoms with Gasteiger partial charge in [0.2, 0.25) is 5.88 Å². The van der Waals surface area contributed by atoms with E-state index in [0.29, 0.717) is 34.0 Å². The predicted molar refractivity (Wildman–Crippen MR) is 128 cm³/mol. The molecule has 0 amide bonds. The molecule has 5 rings (SSSR count). The van der Waals surface area contributed by atoms with E-state index >= 15 is 0 Å². The maximum Gasteiger partial charge on any atom is 0.262 e. The highest BCUT2D eigenvalue weighted by Crippen LogP contribution is 2.34. The van der Waals surface area contributed by atoms with Crippen LogP contribution in [0.1, 0.15) is 11.1 Å². The Morgan fingerprint density at radius 2 is 1.76 bits per heavy atom. The normalized spacial score (nSPS) is 13.3. The van der Waals surface area contributed by atoms with E-state index in [1.807, 2.05) is 30.3 Å². The molecule has 6 nitrogen and oxygen atoms in total. The van der Waals surface area contributed by atoms with Crippen LogP contribution < -0.4 is 10.3 Å². The largest absolute Gasteiger partial charge is 0.494 e. The lowest BCUT2D eigenvalue weighted by Gasteiger charge is -2.13. The molecule has 0 atom stereocenters. The predicted octanol–water partition coefficient (Wildman–Crippen LogP) is 5.79. The smallest absolute Gasteiger partial charge is 0.262 e. The van der Waals surface area contributed by atoms with E-state index in [1.54, 1.807) is 30.3 Å². The standard InChI is InChI=1S/C25H16FN3O3S/c26-16-6-11-20-15(14-27-22(20)13-16)12-21-23(30)28-25(33)29(24(21)31)17-7-9-19(10-8-17)32-18-4-2-1-3-5-18/h1-14,31H,(H,28,30,33). The lowest BCUT2D eigenvalue weighted by atomic mass is 10.0. The van der Waals surface area contributed by atoms with Crippen molar-refractivity contribution >= 4 is 35.8 Å². The summed E-state index contributed by atoms with van der Waals surface area (Å²) < 4.78 is 20.7. The molecule has 8 heteroatoms. The molecule has 162 valence electrons. The molecule has 4 aromatic rings. The maximum absolute atomic E-state index is 13.5. The SMILES string of the molecule is O=c1[nH]c(=S)n(-c2ccc(Oc3ccccc3)cc2)c(O)c1C=C1C=Nc2cc(F)ccc21. The van der Waals surface area contributed by atoms with Gasteiger partial charge in [-0.2, -0.15) is 0 Å². The van der Waals surface area contributed by atoms with Crippen LogP contribution in [0.4, 0.5) is 10.1 Å². The second kappa shape index (κ2) is 8.33. The zero-order chi connectivity index (χ0) is 22.9. The van der Waals surface area contributed by atoms with Crippen LogP contribution in [0.15, 0.2) is 82.6 Å². The van der Waals surface area contributed by atoms with Crippen LogP contribution >= 0.6 is 12.2 Å². The quantitative estimate of drug-likeness (QED) is 0.380. The summed E-state index contributed by atoms with van der Waals surface area (Å²) in [5.74, 6) is 0.576. The number of aromatic amines is 1. The highest BCUT2D eigenvalue weighted by atomic mass is 32.1. The van der Waals surface area contributed by atoms with Gasteiger partial charge in [0.15, 0.2) is 4.77 Å². The molecular formula is C25H16FN3O3S. The number of aromatic hydroxyl groups is 1. The lowest BCUT2D eigenvalue weighted by Crippen LogP contribution is -2.16. The third-order valence-electron chi connectivity index (χ3n) is 5.11. The van der Waals surface area contributed by atoms with Gasteiger partial charge in [-0.25, -0.2) is 4.39 Å². The van der Waals surface area contributed by atoms with Gasteiger partial charge in [-0.3, -0.25) is 19.3 Å². The summed E-state index contributed by atoms with van der Waals surface area (Å²) in [6, 6.07) is 20.5. The Morgan fingerprint density at radius 1 is 1.03 bits per heavy atom. The van der Waals surface area contributed by atoms with Crippen LogP contribution in [0.2, 0.25) is 0 Å². The van der Waals surface area contributed by atoms with E-state index in [-0.39, 0.29) is 16.2 Å². The number of hydrogen-bond donors (Lipinski definition) is 2. The molecule has 0 bridgehead atoms. The number of allylic oxidation sites excluding steroid dienone is 1. The van der Waals surface area contributed by atoms with Crippen LogP contribution in [0, 0.1) is 10.6 Å². The zero-order valence-corrected chi connectivity index (χ0v) is 17.8. The molecular weight excluding hydrogens is 441 g/mol. The van der Waals surface area contributed by atoms with Gasteiger partial charge < -0.3 is 9.84 Å². The van der Waals surface area contributed by atoms with Gasteiger partial charge in [0.05, 0.1) is 11.4 Å². The zero-order valence-electron chi connectivity index (χ0n) is 17.0. The topological polar surface area (TPSA) is 79.6 Å². The minimum atomic E-state index is -0.547. The number of H-pyrrole nitrogens is 1. The lowest BCUT2D eigenvalue weighted by molar-refractivity contribution is 0.431. The fraction of sp³-hybridized carbons (Fsp3) is 0. The number of nitrogens with one attached hydrogen (secondary N) is 1. The van der Waals surface area contributed by atoms with Crippen molar-refractivity contribution < 1.29 is 14.2 Å². The Balaban J connectivity index is 1.53. The van der Waals surface area contributed by atoms with E-state index in [2.05, 4.69) is 9.98 Å². The van der Waals surface area contributed by atoms with Crippen LogP contribution in [0.25, 0.3) is 17.3 Å². The molecule has 3 aromatic carbocycles. The molecule has 0 spiro atoms. The van der Waals surface area contributed by atoms with Gasteiger partial charge in [0, 0.05) is 23.4 Å². The Bertz CT molecular complexity index is 1540. The van der Waals surface area contributed by atoms with E-state index in [0.717, 1.165) is 0 Å². The van der Waals surface area contributed by atoms with Gasteiger partial charge in [-0.15, -0.1) is 0 Å². The van der Waals surface area contributed by atoms with E-state index in [4.69, 9.17) is 17.0 Å². The molecule has 2 N–H and O–H groups in total. The third kappa shape index (κ3) is 3.99. The van der Waals surface area contributed by atoms with Gasteiger partial charge in [-0.1, -0.05) is 18.2 Å². The molecule has 0 saturated heterocycles. The number of halogens is 1. The fourth-order valence-electron chi connectivity index (χ4n) is 3.53. The number of rotatable bonds is 4. The summed E-state index contributed by atoms with van der Waals surface area (Å²) in [5.41, 5.74) is 1.68. The monoisotopic (exact) mass is 457 g/mol. The minimum absolute atomic E-state index is 0.00633. The van der Waals surface area contributed by atoms with Crippen molar-refractivity contribution in [1.29, 1.82) is 0 Å². The van der Waals surface area contributed by atoms with E-state index in [1.165, 1.54) is 29.0 Å². The summed E-state index contributed by atoms with van der Waals surface area (Å²) in [7, 11) is 0. The van der Waals surface area contributed by atoms with Crippen molar-refractivity contribution in [2.24, 2.45) is 4.99 Å². The van der Waals surface area contributed by atoms with Crippen LogP contribution in [0.3, 0.4) is 0 Å². The number of nitrogens with zero attached hydrogens (tertiary/aromatic N) is 2. The van der Waals surface area contributed by atoms with E-state index < -0.39 is 11.4 Å². The van der Waals surface area contributed by atoms with Crippen LogP contribution in [-0.2, 0) is 0 Å². The highest BCUT2D eigenvalue weighted by molar-refractivity contribution is 7.71. The number of aliphatic imine (C=N–C) groups is 1. The Labute approximate surface area is 192 Å². The molecule has 0 aliphatic carbocycles. The molecule has 2 heterocycles. The average molecular weight is 457 g/mol. The number of hydrogen-bond acceptors (Lipinski definition) is 5. The summed E-state index contributed by atoms with van der Waals surface area (Å²) in [6.07, 6.45) is 3.02.